The molecule has 2 aromatic rings. The largest absolute Gasteiger partial charge is 0.353 e. The number of hydrogen-bond donors (Lipinski definition) is 2. The average molecular weight is 456 g/mol. The number of anilines is 1. The highest BCUT2D eigenvalue weighted by atomic mass is 35.5. The van der Waals surface area contributed by atoms with Crippen molar-refractivity contribution in [1.29, 1.82) is 0 Å². The number of carbonyl (C=O) groups excluding carboxylic acids is 2. The Morgan fingerprint density at radius 3 is 2.62 bits per heavy atom. The Labute approximate surface area is 183 Å². The fourth-order valence-electron chi connectivity index (χ4n) is 3.19. The minimum absolute atomic E-state index is 0.00353. The van der Waals surface area contributed by atoms with Crippen LogP contribution in [0.2, 0.25) is 10.0 Å². The molecule has 0 bridgehead atoms. The standard InChI is InChI=1S/C19H23Cl2N5O2S/c1-26-16(10-17(27)23-13-7-8-14(20)15(21)9-13)24-25-19(26)29-11-18(28)22-12-5-3-2-4-6-12/h7-9,12H,2-6,10-11H2,1H3,(H,22,28)(H,23,27). The lowest BCUT2D eigenvalue weighted by atomic mass is 9.95. The van der Waals surface area contributed by atoms with Gasteiger partial charge in [-0.2, -0.15) is 0 Å². The Balaban J connectivity index is 1.49. The molecule has 1 fully saturated rings. The molecule has 0 spiro atoms. The first-order valence-corrected chi connectivity index (χ1v) is 11.2. The van der Waals surface area contributed by atoms with Crippen LogP contribution in [0.5, 0.6) is 0 Å². The van der Waals surface area contributed by atoms with E-state index in [4.69, 9.17) is 23.2 Å². The summed E-state index contributed by atoms with van der Waals surface area (Å²) >= 11 is 13.2. The number of nitrogens with one attached hydrogen (secondary N) is 2. The number of thioether (sulfide) groups is 1. The van der Waals surface area contributed by atoms with Gasteiger partial charge in [0.15, 0.2) is 5.16 Å². The number of hydrogen-bond acceptors (Lipinski definition) is 5. The summed E-state index contributed by atoms with van der Waals surface area (Å²) in [4.78, 5) is 24.4. The highest BCUT2D eigenvalue weighted by Gasteiger charge is 2.18. The lowest BCUT2D eigenvalue weighted by Crippen LogP contribution is -2.37. The number of halogens is 2. The fraction of sp³-hybridized carbons (Fsp3) is 0.474. The van der Waals surface area contributed by atoms with Gasteiger partial charge in [-0.05, 0) is 31.0 Å². The van der Waals surface area contributed by atoms with Crippen molar-refractivity contribution in [2.75, 3.05) is 11.1 Å². The minimum atomic E-state index is -0.245. The number of benzene rings is 1. The first-order valence-electron chi connectivity index (χ1n) is 9.47. The monoisotopic (exact) mass is 455 g/mol. The molecule has 2 amide bonds. The van der Waals surface area contributed by atoms with Gasteiger partial charge in [-0.3, -0.25) is 9.59 Å². The molecule has 1 aliphatic rings. The molecule has 1 aromatic heterocycles. The zero-order valence-corrected chi connectivity index (χ0v) is 18.4. The number of nitrogens with zero attached hydrogens (tertiary/aromatic N) is 3. The van der Waals surface area contributed by atoms with Crippen molar-refractivity contribution in [3.05, 3.63) is 34.1 Å². The predicted octanol–water partition coefficient (Wildman–Crippen LogP) is 3.84. The molecule has 1 saturated carbocycles. The maximum absolute atomic E-state index is 12.3. The van der Waals surface area contributed by atoms with E-state index >= 15 is 0 Å². The van der Waals surface area contributed by atoms with E-state index < -0.39 is 0 Å². The van der Waals surface area contributed by atoms with Gasteiger partial charge < -0.3 is 15.2 Å². The number of carbonyl (C=O) groups is 2. The van der Waals surface area contributed by atoms with Gasteiger partial charge in [0, 0.05) is 18.8 Å². The van der Waals surface area contributed by atoms with Crippen molar-refractivity contribution in [1.82, 2.24) is 20.1 Å². The van der Waals surface area contributed by atoms with E-state index in [2.05, 4.69) is 20.8 Å². The minimum Gasteiger partial charge on any atom is -0.353 e. The molecule has 0 atom stereocenters. The molecule has 0 aliphatic heterocycles. The number of aromatic nitrogens is 3. The van der Waals surface area contributed by atoms with Crippen LogP contribution in [0.15, 0.2) is 23.4 Å². The van der Waals surface area contributed by atoms with Crippen LogP contribution in [-0.2, 0) is 23.1 Å². The number of amides is 2. The Bertz CT molecular complexity index is 883. The quantitative estimate of drug-likeness (QED) is 0.618. The second kappa shape index (κ2) is 10.3. The van der Waals surface area contributed by atoms with Crippen molar-refractivity contribution < 1.29 is 9.59 Å². The molecule has 0 unspecified atom stereocenters. The van der Waals surface area contributed by atoms with E-state index in [1.54, 1.807) is 29.8 Å². The van der Waals surface area contributed by atoms with Crippen LogP contribution in [0.3, 0.4) is 0 Å². The zero-order valence-electron chi connectivity index (χ0n) is 16.1. The van der Waals surface area contributed by atoms with Crippen LogP contribution in [-0.4, -0.2) is 38.4 Å². The third-order valence-corrected chi connectivity index (χ3v) is 6.51. The maximum atomic E-state index is 12.3. The third kappa shape index (κ3) is 6.35. The average Bonchev–Trinajstić information content (AvgIpc) is 3.03. The Morgan fingerprint density at radius 1 is 1.14 bits per heavy atom. The first kappa shape index (κ1) is 21.9. The van der Waals surface area contributed by atoms with E-state index in [0.29, 0.717) is 26.7 Å². The zero-order chi connectivity index (χ0) is 20.8. The Kier molecular flexibility index (Phi) is 7.80. The van der Waals surface area contributed by atoms with Crippen LogP contribution in [0, 0.1) is 0 Å². The molecule has 10 heteroatoms. The molecule has 2 N–H and O–H groups in total. The van der Waals surface area contributed by atoms with Crippen molar-refractivity contribution in [2.45, 2.75) is 49.7 Å². The SMILES string of the molecule is Cn1c(CC(=O)Nc2ccc(Cl)c(Cl)c2)nnc1SCC(=O)NC1CCCCC1. The van der Waals surface area contributed by atoms with Gasteiger partial charge in [0.1, 0.15) is 5.82 Å². The molecular weight excluding hydrogens is 433 g/mol. The Hall–Kier alpha value is -1.77. The van der Waals surface area contributed by atoms with Gasteiger partial charge in [0.05, 0.1) is 22.2 Å². The summed E-state index contributed by atoms with van der Waals surface area (Å²) in [6.45, 7) is 0. The molecule has 1 aromatic carbocycles. The highest BCUT2D eigenvalue weighted by molar-refractivity contribution is 7.99. The second-order valence-corrected chi connectivity index (χ2v) is 8.76. The third-order valence-electron chi connectivity index (χ3n) is 4.75. The van der Waals surface area contributed by atoms with Gasteiger partial charge in [-0.15, -0.1) is 10.2 Å². The van der Waals surface area contributed by atoms with Crippen molar-refractivity contribution >= 4 is 52.5 Å². The van der Waals surface area contributed by atoms with Gasteiger partial charge in [0.2, 0.25) is 11.8 Å². The van der Waals surface area contributed by atoms with Crippen LogP contribution < -0.4 is 10.6 Å². The Morgan fingerprint density at radius 2 is 1.90 bits per heavy atom. The number of rotatable bonds is 7. The summed E-state index contributed by atoms with van der Waals surface area (Å²) in [5, 5.41) is 15.4. The van der Waals surface area contributed by atoms with E-state index in [1.807, 2.05) is 0 Å². The molecule has 156 valence electrons. The van der Waals surface area contributed by atoms with Crippen molar-refractivity contribution in [3.8, 4) is 0 Å². The van der Waals surface area contributed by atoms with E-state index in [-0.39, 0.29) is 30.0 Å². The second-order valence-electron chi connectivity index (χ2n) is 7.00. The van der Waals surface area contributed by atoms with Crippen LogP contribution in [0.1, 0.15) is 37.9 Å². The molecule has 0 radical (unpaired) electrons. The predicted molar refractivity (Wildman–Crippen MR) is 116 cm³/mol. The summed E-state index contributed by atoms with van der Waals surface area (Å²) < 4.78 is 1.73. The molecule has 7 nitrogen and oxygen atoms in total. The molecular formula is C19H23Cl2N5O2S. The van der Waals surface area contributed by atoms with Gasteiger partial charge in [0.25, 0.3) is 0 Å². The summed E-state index contributed by atoms with van der Waals surface area (Å²) in [6.07, 6.45) is 5.76. The maximum Gasteiger partial charge on any atom is 0.232 e. The molecule has 3 rings (SSSR count). The van der Waals surface area contributed by atoms with Crippen LogP contribution >= 0.6 is 35.0 Å². The summed E-state index contributed by atoms with van der Waals surface area (Å²) in [6, 6.07) is 5.17. The molecule has 29 heavy (non-hydrogen) atoms. The van der Waals surface area contributed by atoms with Gasteiger partial charge in [-0.1, -0.05) is 54.2 Å². The van der Waals surface area contributed by atoms with Crippen LogP contribution in [0.4, 0.5) is 5.69 Å². The van der Waals surface area contributed by atoms with Gasteiger partial charge >= 0.3 is 0 Å². The molecule has 1 heterocycles. The first-order chi connectivity index (χ1) is 13.9. The highest BCUT2D eigenvalue weighted by Crippen LogP contribution is 2.25. The van der Waals surface area contributed by atoms with E-state index in [1.165, 1.54) is 31.0 Å². The lowest BCUT2D eigenvalue weighted by Gasteiger charge is -2.22. The normalized spacial score (nSPS) is 14.6. The summed E-state index contributed by atoms with van der Waals surface area (Å²) in [7, 11) is 1.78. The van der Waals surface area contributed by atoms with E-state index in [0.717, 1.165) is 12.8 Å². The van der Waals surface area contributed by atoms with Gasteiger partial charge in [-0.25, -0.2) is 0 Å². The lowest BCUT2D eigenvalue weighted by molar-refractivity contribution is -0.119. The molecule has 1 aliphatic carbocycles. The molecule has 0 saturated heterocycles. The van der Waals surface area contributed by atoms with Crippen molar-refractivity contribution in [3.63, 3.8) is 0 Å². The summed E-state index contributed by atoms with van der Waals surface area (Å²) in [5.41, 5.74) is 0.556. The fourth-order valence-corrected chi connectivity index (χ4v) is 4.23. The smallest absolute Gasteiger partial charge is 0.232 e. The topological polar surface area (TPSA) is 88.9 Å². The van der Waals surface area contributed by atoms with E-state index in [9.17, 15) is 9.59 Å². The van der Waals surface area contributed by atoms with Crippen molar-refractivity contribution in [2.24, 2.45) is 7.05 Å². The van der Waals surface area contributed by atoms with Crippen LogP contribution in [0.25, 0.3) is 0 Å². The summed E-state index contributed by atoms with van der Waals surface area (Å²) in [5.74, 6) is 0.546.